The number of nitrogens with two attached hydrogens (primary N) is 1. The highest BCUT2D eigenvalue weighted by Gasteiger charge is 2.12. The van der Waals surface area contributed by atoms with E-state index < -0.39 is 0 Å². The second kappa shape index (κ2) is 7.03. The van der Waals surface area contributed by atoms with Crippen LogP contribution in [-0.2, 0) is 0 Å². The fourth-order valence-electron chi connectivity index (χ4n) is 1.77. The monoisotopic (exact) mass is 251 g/mol. The summed E-state index contributed by atoms with van der Waals surface area (Å²) >= 11 is 0. The third kappa shape index (κ3) is 3.75. The van der Waals surface area contributed by atoms with Crippen molar-refractivity contribution in [2.45, 2.75) is 46.1 Å². The largest absolute Gasteiger partial charge is 0.393 e. The van der Waals surface area contributed by atoms with Crippen molar-refractivity contribution < 1.29 is 0 Å². The number of rotatable bonds is 7. The van der Waals surface area contributed by atoms with E-state index in [0.717, 1.165) is 24.6 Å². The number of hydrogen-bond donors (Lipinski definition) is 2. The topological polar surface area (TPSA) is 67.1 Å². The molecule has 18 heavy (non-hydrogen) atoms. The molecule has 1 unspecified atom stereocenters. The molecule has 0 aliphatic heterocycles. The molecule has 0 saturated carbocycles. The summed E-state index contributed by atoms with van der Waals surface area (Å²) in [6.07, 6.45) is 5.10. The highest BCUT2D eigenvalue weighted by Crippen LogP contribution is 2.25. The van der Waals surface area contributed by atoms with E-state index in [1.807, 2.05) is 11.9 Å². The SMILES string of the molecule is CCCCC(C)Nc1ncnc(N(C)CC)c1N. The zero-order valence-electron chi connectivity index (χ0n) is 11.9. The lowest BCUT2D eigenvalue weighted by molar-refractivity contribution is 0.643. The molecule has 1 rings (SSSR count). The van der Waals surface area contributed by atoms with E-state index in [0.29, 0.717) is 11.7 Å². The number of nitrogens with one attached hydrogen (secondary N) is 1. The van der Waals surface area contributed by atoms with Crippen molar-refractivity contribution in [3.05, 3.63) is 6.33 Å². The van der Waals surface area contributed by atoms with Gasteiger partial charge >= 0.3 is 0 Å². The van der Waals surface area contributed by atoms with E-state index in [1.165, 1.54) is 12.8 Å². The summed E-state index contributed by atoms with van der Waals surface area (Å²) in [5.74, 6) is 1.53. The first-order chi connectivity index (χ1) is 8.60. The van der Waals surface area contributed by atoms with Gasteiger partial charge in [-0.25, -0.2) is 9.97 Å². The van der Waals surface area contributed by atoms with Crippen molar-refractivity contribution >= 4 is 17.3 Å². The van der Waals surface area contributed by atoms with Gasteiger partial charge in [0.05, 0.1) is 0 Å². The summed E-state index contributed by atoms with van der Waals surface area (Å²) in [5, 5.41) is 3.36. The van der Waals surface area contributed by atoms with Crippen LogP contribution in [0.5, 0.6) is 0 Å². The Balaban J connectivity index is 2.77. The van der Waals surface area contributed by atoms with Gasteiger partial charge in [0.1, 0.15) is 12.0 Å². The molecule has 0 aliphatic carbocycles. The Bertz CT molecular complexity index is 366. The molecule has 5 nitrogen and oxygen atoms in total. The average Bonchev–Trinajstić information content (AvgIpc) is 2.38. The Morgan fingerprint density at radius 2 is 2.11 bits per heavy atom. The fraction of sp³-hybridized carbons (Fsp3) is 0.692. The van der Waals surface area contributed by atoms with E-state index in [1.54, 1.807) is 6.33 Å². The molecule has 1 heterocycles. The number of hydrogen-bond acceptors (Lipinski definition) is 5. The van der Waals surface area contributed by atoms with Crippen LogP contribution < -0.4 is 16.0 Å². The molecular formula is C13H25N5. The molecule has 5 heteroatoms. The Kier molecular flexibility index (Phi) is 5.68. The summed E-state index contributed by atoms with van der Waals surface area (Å²) in [4.78, 5) is 10.5. The van der Waals surface area contributed by atoms with Gasteiger partial charge in [0.15, 0.2) is 11.6 Å². The van der Waals surface area contributed by atoms with E-state index in [-0.39, 0.29) is 0 Å². The van der Waals surface area contributed by atoms with Gasteiger partial charge in [-0.2, -0.15) is 0 Å². The molecule has 1 aromatic rings. The van der Waals surface area contributed by atoms with Crippen LogP contribution in [-0.4, -0.2) is 29.6 Å². The van der Waals surface area contributed by atoms with E-state index >= 15 is 0 Å². The molecule has 0 saturated heterocycles. The summed E-state index contributed by atoms with van der Waals surface area (Å²) in [5.41, 5.74) is 6.74. The maximum absolute atomic E-state index is 6.11. The van der Waals surface area contributed by atoms with Crippen LogP contribution in [0.25, 0.3) is 0 Å². The van der Waals surface area contributed by atoms with Crippen LogP contribution >= 0.6 is 0 Å². The van der Waals surface area contributed by atoms with Crippen LogP contribution in [0.4, 0.5) is 17.3 Å². The van der Waals surface area contributed by atoms with E-state index in [2.05, 4.69) is 36.1 Å². The first-order valence-corrected chi connectivity index (χ1v) is 6.68. The van der Waals surface area contributed by atoms with Crippen molar-refractivity contribution in [3.63, 3.8) is 0 Å². The molecule has 0 spiro atoms. The molecule has 0 amide bonds. The predicted molar refractivity (Wildman–Crippen MR) is 78.0 cm³/mol. The Labute approximate surface area is 110 Å². The standard InChI is InChI=1S/C13H25N5/c1-5-7-8-10(3)17-12-11(14)13(16-9-15-12)18(4)6-2/h9-10H,5-8,14H2,1-4H3,(H,15,16,17). The Hall–Kier alpha value is -1.52. The van der Waals surface area contributed by atoms with E-state index in [4.69, 9.17) is 5.73 Å². The van der Waals surface area contributed by atoms with Gasteiger partial charge in [0, 0.05) is 19.6 Å². The third-order valence-electron chi connectivity index (χ3n) is 3.07. The number of nitrogen functional groups attached to an aromatic ring is 1. The van der Waals surface area contributed by atoms with Crippen molar-refractivity contribution in [2.75, 3.05) is 29.5 Å². The summed E-state index contributed by atoms with van der Waals surface area (Å²) in [6, 6.07) is 0.377. The molecule has 3 N–H and O–H groups in total. The van der Waals surface area contributed by atoms with Crippen LogP contribution in [0.15, 0.2) is 6.33 Å². The number of nitrogens with zero attached hydrogens (tertiary/aromatic N) is 3. The lowest BCUT2D eigenvalue weighted by Gasteiger charge is -2.21. The second-order valence-corrected chi connectivity index (χ2v) is 4.66. The Morgan fingerprint density at radius 3 is 2.72 bits per heavy atom. The number of unbranched alkanes of at least 4 members (excludes halogenated alkanes) is 1. The normalized spacial score (nSPS) is 12.2. The molecule has 1 atom stereocenters. The van der Waals surface area contributed by atoms with Crippen LogP contribution in [0, 0.1) is 0 Å². The molecule has 0 fully saturated rings. The van der Waals surface area contributed by atoms with Crippen LogP contribution in [0.2, 0.25) is 0 Å². The average molecular weight is 251 g/mol. The highest BCUT2D eigenvalue weighted by atomic mass is 15.2. The molecule has 102 valence electrons. The molecule has 0 aromatic carbocycles. The Morgan fingerprint density at radius 1 is 1.39 bits per heavy atom. The maximum Gasteiger partial charge on any atom is 0.157 e. The predicted octanol–water partition coefficient (Wildman–Crippen LogP) is 2.51. The minimum atomic E-state index is 0.377. The summed E-state index contributed by atoms with van der Waals surface area (Å²) in [7, 11) is 1.98. The quantitative estimate of drug-likeness (QED) is 0.779. The lowest BCUT2D eigenvalue weighted by Crippen LogP contribution is -2.22. The van der Waals surface area contributed by atoms with Crippen molar-refractivity contribution in [1.29, 1.82) is 0 Å². The van der Waals surface area contributed by atoms with Crippen LogP contribution in [0.1, 0.15) is 40.0 Å². The zero-order valence-corrected chi connectivity index (χ0v) is 11.9. The number of aromatic nitrogens is 2. The van der Waals surface area contributed by atoms with Gasteiger partial charge in [0.25, 0.3) is 0 Å². The third-order valence-corrected chi connectivity index (χ3v) is 3.07. The summed E-state index contributed by atoms with van der Waals surface area (Å²) < 4.78 is 0. The molecular weight excluding hydrogens is 226 g/mol. The van der Waals surface area contributed by atoms with Gasteiger partial charge in [0.2, 0.25) is 0 Å². The minimum Gasteiger partial charge on any atom is -0.393 e. The summed E-state index contributed by atoms with van der Waals surface area (Å²) in [6.45, 7) is 7.28. The fourth-order valence-corrected chi connectivity index (χ4v) is 1.77. The van der Waals surface area contributed by atoms with Crippen molar-refractivity contribution in [3.8, 4) is 0 Å². The molecule has 0 bridgehead atoms. The maximum atomic E-state index is 6.11. The van der Waals surface area contributed by atoms with Crippen LogP contribution in [0.3, 0.4) is 0 Å². The molecule has 1 aromatic heterocycles. The van der Waals surface area contributed by atoms with Gasteiger partial charge in [-0.15, -0.1) is 0 Å². The highest BCUT2D eigenvalue weighted by molar-refractivity contribution is 5.74. The van der Waals surface area contributed by atoms with E-state index in [9.17, 15) is 0 Å². The first kappa shape index (κ1) is 14.5. The number of anilines is 3. The smallest absolute Gasteiger partial charge is 0.157 e. The van der Waals surface area contributed by atoms with Gasteiger partial charge < -0.3 is 16.0 Å². The van der Waals surface area contributed by atoms with Gasteiger partial charge in [-0.3, -0.25) is 0 Å². The van der Waals surface area contributed by atoms with Crippen molar-refractivity contribution in [2.24, 2.45) is 0 Å². The van der Waals surface area contributed by atoms with Gasteiger partial charge in [-0.1, -0.05) is 19.8 Å². The minimum absolute atomic E-state index is 0.377. The first-order valence-electron chi connectivity index (χ1n) is 6.68. The molecule has 0 radical (unpaired) electrons. The molecule has 0 aliphatic rings. The lowest BCUT2D eigenvalue weighted by atomic mass is 10.1. The van der Waals surface area contributed by atoms with Crippen molar-refractivity contribution in [1.82, 2.24) is 9.97 Å². The zero-order chi connectivity index (χ0) is 13.5. The second-order valence-electron chi connectivity index (χ2n) is 4.66. The van der Waals surface area contributed by atoms with Gasteiger partial charge in [-0.05, 0) is 20.3 Å².